The molecule has 0 radical (unpaired) electrons. The molecule has 1 saturated heterocycles. The lowest BCUT2D eigenvalue weighted by Crippen LogP contribution is -2.41. The van der Waals surface area contributed by atoms with E-state index in [1.54, 1.807) is 12.1 Å². The van der Waals surface area contributed by atoms with Crippen LogP contribution in [0.15, 0.2) is 12.1 Å². The van der Waals surface area contributed by atoms with E-state index >= 15 is 0 Å². The van der Waals surface area contributed by atoms with Crippen LogP contribution in [0.1, 0.15) is 27.7 Å². The minimum Gasteiger partial charge on any atom is -0.398 e. The molecule has 1 aromatic rings. The van der Waals surface area contributed by atoms with Gasteiger partial charge >= 0.3 is 7.12 Å². The highest BCUT2D eigenvalue weighted by molar-refractivity contribution is 6.61. The molecule has 5 nitrogen and oxygen atoms in total. The first-order valence-corrected chi connectivity index (χ1v) is 5.26. The number of rotatable bonds is 1. The summed E-state index contributed by atoms with van der Waals surface area (Å²) in [4.78, 5) is 0. The summed E-state index contributed by atoms with van der Waals surface area (Å²) in [5.41, 5.74) is 5.40. The third kappa shape index (κ3) is 1.78. The Kier molecular flexibility index (Phi) is 2.43. The van der Waals surface area contributed by atoms with Crippen molar-refractivity contribution in [2.75, 3.05) is 5.73 Å². The molecular formula is C10H16BN3O2. The van der Waals surface area contributed by atoms with Crippen molar-refractivity contribution in [2.45, 2.75) is 38.9 Å². The van der Waals surface area contributed by atoms with E-state index in [0.29, 0.717) is 11.4 Å². The SMILES string of the molecule is CC1(C)OB(c2ccc(N)nn2)OC1(C)C. The number of nitrogen functional groups attached to an aromatic ring is 1. The molecule has 2 rings (SSSR count). The van der Waals surface area contributed by atoms with Gasteiger partial charge in [-0.15, -0.1) is 5.10 Å². The van der Waals surface area contributed by atoms with E-state index in [1.165, 1.54) is 0 Å². The van der Waals surface area contributed by atoms with Gasteiger partial charge in [-0.25, -0.2) is 0 Å². The first-order valence-electron chi connectivity index (χ1n) is 5.26. The van der Waals surface area contributed by atoms with E-state index in [2.05, 4.69) is 10.2 Å². The average molecular weight is 221 g/mol. The van der Waals surface area contributed by atoms with Crippen LogP contribution < -0.4 is 11.3 Å². The topological polar surface area (TPSA) is 70.3 Å². The van der Waals surface area contributed by atoms with E-state index in [1.807, 2.05) is 27.7 Å². The van der Waals surface area contributed by atoms with Crippen molar-refractivity contribution < 1.29 is 9.31 Å². The van der Waals surface area contributed by atoms with Gasteiger partial charge in [-0.1, -0.05) is 0 Å². The van der Waals surface area contributed by atoms with Gasteiger partial charge < -0.3 is 15.0 Å². The van der Waals surface area contributed by atoms with Gasteiger partial charge in [0, 0.05) is 0 Å². The normalized spacial score (nSPS) is 22.4. The molecule has 86 valence electrons. The van der Waals surface area contributed by atoms with Crippen LogP contribution in [0.5, 0.6) is 0 Å². The fourth-order valence-corrected chi connectivity index (χ4v) is 1.44. The number of hydrogen-bond donors (Lipinski definition) is 1. The molecule has 0 unspecified atom stereocenters. The molecule has 1 fully saturated rings. The molecule has 1 aliphatic rings. The van der Waals surface area contributed by atoms with Crippen molar-refractivity contribution >= 4 is 18.5 Å². The molecule has 0 atom stereocenters. The zero-order valence-corrected chi connectivity index (χ0v) is 10.0. The first kappa shape index (κ1) is 11.4. The van der Waals surface area contributed by atoms with Crippen LogP contribution in [-0.2, 0) is 9.31 Å². The summed E-state index contributed by atoms with van der Waals surface area (Å²) < 4.78 is 11.6. The Balaban J connectivity index is 2.23. The van der Waals surface area contributed by atoms with Crippen molar-refractivity contribution in [2.24, 2.45) is 0 Å². The zero-order valence-electron chi connectivity index (χ0n) is 10.0. The zero-order chi connectivity index (χ0) is 12.0. The number of nitrogens with zero attached hydrogens (tertiary/aromatic N) is 2. The van der Waals surface area contributed by atoms with Crippen molar-refractivity contribution in [3.63, 3.8) is 0 Å². The molecule has 0 saturated carbocycles. The molecule has 0 aliphatic carbocycles. The average Bonchev–Trinajstić information content (AvgIpc) is 2.37. The Morgan fingerprint density at radius 1 is 1.06 bits per heavy atom. The highest BCUT2D eigenvalue weighted by Gasteiger charge is 2.52. The monoisotopic (exact) mass is 221 g/mol. The van der Waals surface area contributed by atoms with Gasteiger partial charge in [0.2, 0.25) is 0 Å². The van der Waals surface area contributed by atoms with Crippen molar-refractivity contribution in [3.05, 3.63) is 12.1 Å². The van der Waals surface area contributed by atoms with Crippen molar-refractivity contribution in [3.8, 4) is 0 Å². The third-order valence-electron chi connectivity index (χ3n) is 3.20. The fourth-order valence-electron chi connectivity index (χ4n) is 1.44. The second-order valence-electron chi connectivity index (χ2n) is 4.97. The minimum atomic E-state index is -0.474. The van der Waals surface area contributed by atoms with Crippen LogP contribution in [0.3, 0.4) is 0 Å². The number of hydrogen-bond acceptors (Lipinski definition) is 5. The van der Waals surface area contributed by atoms with E-state index < -0.39 is 7.12 Å². The van der Waals surface area contributed by atoms with Crippen LogP contribution in [-0.4, -0.2) is 28.5 Å². The lowest BCUT2D eigenvalue weighted by molar-refractivity contribution is 0.00578. The molecular weight excluding hydrogens is 205 g/mol. The van der Waals surface area contributed by atoms with Gasteiger partial charge in [-0.05, 0) is 39.8 Å². The Hall–Kier alpha value is -1.14. The largest absolute Gasteiger partial charge is 0.516 e. The van der Waals surface area contributed by atoms with Gasteiger partial charge in [-0.3, -0.25) is 0 Å². The van der Waals surface area contributed by atoms with E-state index in [4.69, 9.17) is 15.0 Å². The van der Waals surface area contributed by atoms with Gasteiger partial charge in [0.25, 0.3) is 0 Å². The van der Waals surface area contributed by atoms with Crippen LogP contribution in [0.4, 0.5) is 5.82 Å². The predicted octanol–water partition coefficient (Wildman–Crippen LogP) is 0.358. The van der Waals surface area contributed by atoms with Gasteiger partial charge in [0.05, 0.1) is 16.8 Å². The summed E-state index contributed by atoms with van der Waals surface area (Å²) in [6.07, 6.45) is 0. The quantitative estimate of drug-likeness (QED) is 0.693. The summed E-state index contributed by atoms with van der Waals surface area (Å²) in [6.45, 7) is 7.99. The second-order valence-corrected chi connectivity index (χ2v) is 4.97. The second kappa shape index (κ2) is 3.43. The summed E-state index contributed by atoms with van der Waals surface area (Å²) in [5.74, 6) is 0.389. The van der Waals surface area contributed by atoms with E-state index in [0.717, 1.165) is 0 Å². The maximum absolute atomic E-state index is 5.82. The number of anilines is 1. The van der Waals surface area contributed by atoms with Gasteiger partial charge in [-0.2, -0.15) is 5.10 Å². The van der Waals surface area contributed by atoms with Crippen LogP contribution in [0.25, 0.3) is 0 Å². The Morgan fingerprint density at radius 3 is 2.06 bits per heavy atom. The maximum Gasteiger partial charge on any atom is 0.516 e. The highest BCUT2D eigenvalue weighted by atomic mass is 16.7. The smallest absolute Gasteiger partial charge is 0.398 e. The molecule has 2 heterocycles. The van der Waals surface area contributed by atoms with Crippen molar-refractivity contribution in [1.29, 1.82) is 0 Å². The molecule has 2 N–H and O–H groups in total. The van der Waals surface area contributed by atoms with Gasteiger partial charge in [0.1, 0.15) is 5.82 Å². The summed E-state index contributed by atoms with van der Waals surface area (Å²) in [7, 11) is -0.474. The number of aromatic nitrogens is 2. The van der Waals surface area contributed by atoms with Crippen LogP contribution >= 0.6 is 0 Å². The van der Waals surface area contributed by atoms with Gasteiger partial charge in [0.15, 0.2) is 0 Å². The molecule has 1 aliphatic heterocycles. The first-order chi connectivity index (χ1) is 7.32. The predicted molar refractivity (Wildman–Crippen MR) is 62.2 cm³/mol. The third-order valence-corrected chi connectivity index (χ3v) is 3.20. The Morgan fingerprint density at radius 2 is 1.62 bits per heavy atom. The standard InChI is InChI=1S/C10H16BN3O2/c1-9(2)10(3,4)16-11(15-9)7-5-6-8(12)14-13-7/h5-6H,1-4H3,(H2,12,14). The van der Waals surface area contributed by atoms with E-state index in [9.17, 15) is 0 Å². The molecule has 16 heavy (non-hydrogen) atoms. The summed E-state index contributed by atoms with van der Waals surface area (Å²) >= 11 is 0. The Labute approximate surface area is 95.5 Å². The van der Waals surface area contributed by atoms with E-state index in [-0.39, 0.29) is 11.2 Å². The molecule has 0 bridgehead atoms. The maximum atomic E-state index is 5.82. The Bertz CT molecular complexity index is 376. The molecule has 6 heteroatoms. The molecule has 0 amide bonds. The van der Waals surface area contributed by atoms with Crippen LogP contribution in [0.2, 0.25) is 0 Å². The summed E-state index contributed by atoms with van der Waals surface area (Å²) in [5, 5.41) is 7.75. The highest BCUT2D eigenvalue weighted by Crippen LogP contribution is 2.36. The lowest BCUT2D eigenvalue weighted by atomic mass is 9.85. The molecule has 0 spiro atoms. The molecule has 0 aromatic carbocycles. The summed E-state index contributed by atoms with van der Waals surface area (Å²) in [6, 6.07) is 3.46. The lowest BCUT2D eigenvalue weighted by Gasteiger charge is -2.32. The minimum absolute atomic E-state index is 0.360. The number of nitrogens with two attached hydrogens (primary N) is 1. The molecule has 1 aromatic heterocycles. The van der Waals surface area contributed by atoms with Crippen molar-refractivity contribution in [1.82, 2.24) is 10.2 Å². The fraction of sp³-hybridized carbons (Fsp3) is 0.600. The van der Waals surface area contributed by atoms with Crippen LogP contribution in [0, 0.1) is 0 Å².